The van der Waals surface area contributed by atoms with Gasteiger partial charge in [-0.3, -0.25) is 13.9 Å². The fourth-order valence-corrected chi connectivity index (χ4v) is 4.92. The Morgan fingerprint density at radius 1 is 1.14 bits per heavy atom. The highest BCUT2D eigenvalue weighted by atomic mass is 35.5. The van der Waals surface area contributed by atoms with E-state index < -0.39 is 11.9 Å². The molecule has 3 amide bonds. The van der Waals surface area contributed by atoms with Gasteiger partial charge >= 0.3 is 12.2 Å². The van der Waals surface area contributed by atoms with Gasteiger partial charge in [0.1, 0.15) is 6.54 Å². The summed E-state index contributed by atoms with van der Waals surface area (Å²) in [4.78, 5) is 37.1. The van der Waals surface area contributed by atoms with Crippen LogP contribution >= 0.6 is 11.6 Å². The molecular formula is C26H25ClF3N11O2. The van der Waals surface area contributed by atoms with E-state index in [1.807, 2.05) is 0 Å². The molecular weight excluding hydrogens is 591 g/mol. The molecule has 5 rings (SSSR count). The van der Waals surface area contributed by atoms with Gasteiger partial charge in [-0.15, -0.1) is 0 Å². The molecule has 1 aliphatic rings. The van der Waals surface area contributed by atoms with E-state index in [9.17, 15) is 22.8 Å². The molecule has 1 fully saturated rings. The number of nitrogens with two attached hydrogens (primary N) is 1. The zero-order valence-corrected chi connectivity index (χ0v) is 23.2. The van der Waals surface area contributed by atoms with Gasteiger partial charge in [0.25, 0.3) is 5.91 Å². The lowest BCUT2D eigenvalue weighted by molar-refractivity contribution is -0.141. The normalized spacial score (nSPS) is 13.7. The first kappa shape index (κ1) is 29.6. The van der Waals surface area contributed by atoms with E-state index in [-0.39, 0.29) is 51.8 Å². The third kappa shape index (κ3) is 6.17. The molecule has 1 aliphatic heterocycles. The van der Waals surface area contributed by atoms with E-state index in [1.165, 1.54) is 29.1 Å². The van der Waals surface area contributed by atoms with Crippen molar-refractivity contribution in [1.82, 2.24) is 39.3 Å². The second-order valence-electron chi connectivity index (χ2n) is 9.48. The number of urea groups is 1. The van der Waals surface area contributed by atoms with E-state index in [4.69, 9.17) is 22.6 Å². The van der Waals surface area contributed by atoms with Gasteiger partial charge in [-0.2, -0.15) is 23.5 Å². The van der Waals surface area contributed by atoms with Crippen molar-refractivity contribution in [2.45, 2.75) is 12.7 Å². The van der Waals surface area contributed by atoms with E-state index in [2.05, 4.69) is 25.7 Å². The van der Waals surface area contributed by atoms with E-state index in [0.717, 1.165) is 10.9 Å². The Labute approximate surface area is 247 Å². The summed E-state index contributed by atoms with van der Waals surface area (Å²) in [5, 5.41) is 18.4. The number of nitrogens with one attached hydrogen (secondary N) is 2. The number of nitriles is 1. The molecule has 0 saturated carbocycles. The number of alkyl halides is 3. The Kier molecular flexibility index (Phi) is 8.37. The molecule has 3 aromatic heterocycles. The number of carbonyl (C=O) groups is 2. The number of piperazine rings is 1. The molecule has 0 spiro atoms. The number of nitrogens with zero attached hydrogens (tertiary/aromatic N) is 8. The summed E-state index contributed by atoms with van der Waals surface area (Å²) >= 11 is 6.48. The third-order valence-electron chi connectivity index (χ3n) is 6.70. The Bertz CT molecular complexity index is 1700. The molecule has 224 valence electrons. The lowest BCUT2D eigenvalue weighted by Gasteiger charge is -2.34. The second-order valence-corrected chi connectivity index (χ2v) is 9.88. The maximum absolute atomic E-state index is 13.7. The molecule has 4 aromatic rings. The number of hydrogen-bond donors (Lipinski definition) is 3. The van der Waals surface area contributed by atoms with Gasteiger partial charge in [-0.25, -0.2) is 14.8 Å². The number of carbonyl (C=O) groups excluding carboxylic acids is 2. The SMILES string of the molecule is N#CCn1cc(-c2cnc3c(Nc4ccc(C(=O)N5CCN(C(=O)NCCN)CC5)c(Cl)c4)nccn23)c(C(F)(F)F)n1. The predicted molar refractivity (Wildman–Crippen MR) is 149 cm³/mol. The summed E-state index contributed by atoms with van der Waals surface area (Å²) in [5.74, 6) is -0.0555. The lowest BCUT2D eigenvalue weighted by Crippen LogP contribution is -2.53. The highest BCUT2D eigenvalue weighted by Gasteiger charge is 2.38. The molecule has 0 atom stereocenters. The number of rotatable bonds is 7. The molecule has 0 aliphatic carbocycles. The van der Waals surface area contributed by atoms with Crippen molar-refractivity contribution in [3.05, 3.63) is 59.3 Å². The van der Waals surface area contributed by atoms with Crippen LogP contribution in [-0.2, 0) is 12.7 Å². The Hall–Kier alpha value is -4.88. The molecule has 4 heterocycles. The first-order chi connectivity index (χ1) is 20.6. The number of anilines is 2. The fourth-order valence-electron chi connectivity index (χ4n) is 4.66. The molecule has 43 heavy (non-hydrogen) atoms. The monoisotopic (exact) mass is 615 g/mol. The van der Waals surface area contributed by atoms with Gasteiger partial charge in [-0.05, 0) is 18.2 Å². The molecule has 4 N–H and O–H groups in total. The predicted octanol–water partition coefficient (Wildman–Crippen LogP) is 2.96. The van der Waals surface area contributed by atoms with Crippen LogP contribution in [0.2, 0.25) is 5.02 Å². The largest absolute Gasteiger partial charge is 0.435 e. The van der Waals surface area contributed by atoms with Crippen LogP contribution in [0.15, 0.2) is 43.0 Å². The standard InChI is InChI=1S/C26H25ClF3N11O2/c27-19-13-16(1-2-17(19)24(42)38-9-11-39(12-10-38)25(43)34-5-3-31)36-22-23-35-14-20(41(23)8-6-33-22)18-15-40(7-4-32)37-21(18)26(28,29)30/h1-2,6,8,13-15H,3,5,7,9-12,31H2,(H,33,36)(H,34,43). The van der Waals surface area contributed by atoms with Crippen molar-refractivity contribution in [3.8, 4) is 17.3 Å². The van der Waals surface area contributed by atoms with Crippen molar-refractivity contribution >= 4 is 40.7 Å². The quantitative estimate of drug-likeness (QED) is 0.286. The van der Waals surface area contributed by atoms with Crippen molar-refractivity contribution in [2.75, 3.05) is 44.6 Å². The summed E-state index contributed by atoms with van der Waals surface area (Å²) in [7, 11) is 0. The van der Waals surface area contributed by atoms with Crippen LogP contribution in [0.4, 0.5) is 29.5 Å². The molecule has 0 bridgehead atoms. The number of amides is 3. The van der Waals surface area contributed by atoms with Crippen LogP contribution in [-0.4, -0.2) is 85.2 Å². The Balaban J connectivity index is 1.33. The van der Waals surface area contributed by atoms with Crippen molar-refractivity contribution in [3.63, 3.8) is 0 Å². The molecule has 13 nitrogen and oxygen atoms in total. The van der Waals surface area contributed by atoms with Gasteiger partial charge in [0, 0.05) is 63.5 Å². The van der Waals surface area contributed by atoms with Crippen LogP contribution in [0, 0.1) is 11.3 Å². The number of imidazole rings is 1. The van der Waals surface area contributed by atoms with Crippen molar-refractivity contribution in [1.29, 1.82) is 5.26 Å². The smallest absolute Gasteiger partial charge is 0.337 e. The van der Waals surface area contributed by atoms with Crippen LogP contribution < -0.4 is 16.4 Å². The topological polar surface area (TPSA) is 162 Å². The van der Waals surface area contributed by atoms with E-state index in [0.29, 0.717) is 45.0 Å². The molecule has 1 aromatic carbocycles. The molecule has 17 heteroatoms. The van der Waals surface area contributed by atoms with Crippen LogP contribution in [0.3, 0.4) is 0 Å². The summed E-state index contributed by atoms with van der Waals surface area (Å²) in [5.41, 5.74) is 5.11. The number of halogens is 4. The number of aromatic nitrogens is 5. The minimum Gasteiger partial charge on any atom is -0.337 e. The minimum absolute atomic E-state index is 0.105. The summed E-state index contributed by atoms with van der Waals surface area (Å²) in [6.07, 6.45) is 0.511. The summed E-state index contributed by atoms with van der Waals surface area (Å²) < 4.78 is 43.5. The van der Waals surface area contributed by atoms with Crippen molar-refractivity contribution in [2.24, 2.45) is 5.73 Å². The maximum Gasteiger partial charge on any atom is 0.435 e. The highest BCUT2D eigenvalue weighted by molar-refractivity contribution is 6.34. The first-order valence-corrected chi connectivity index (χ1v) is 13.4. The Morgan fingerprint density at radius 3 is 2.56 bits per heavy atom. The maximum atomic E-state index is 13.7. The number of benzene rings is 1. The summed E-state index contributed by atoms with van der Waals surface area (Å²) in [6, 6.07) is 6.27. The van der Waals surface area contributed by atoms with Gasteiger partial charge < -0.3 is 26.2 Å². The first-order valence-electron chi connectivity index (χ1n) is 13.0. The average Bonchev–Trinajstić information content (AvgIpc) is 3.61. The highest BCUT2D eigenvalue weighted by Crippen LogP contribution is 2.37. The van der Waals surface area contributed by atoms with E-state index in [1.54, 1.807) is 28.0 Å². The van der Waals surface area contributed by atoms with Gasteiger partial charge in [0.05, 0.1) is 34.1 Å². The lowest BCUT2D eigenvalue weighted by atomic mass is 10.1. The van der Waals surface area contributed by atoms with Crippen molar-refractivity contribution < 1.29 is 22.8 Å². The van der Waals surface area contributed by atoms with Gasteiger partial charge in [0.15, 0.2) is 17.2 Å². The zero-order valence-electron chi connectivity index (χ0n) is 22.5. The number of fused-ring (bicyclic) bond motifs is 1. The molecule has 0 radical (unpaired) electrons. The van der Waals surface area contributed by atoms with Crippen LogP contribution in [0.5, 0.6) is 0 Å². The second kappa shape index (κ2) is 12.2. The summed E-state index contributed by atoms with van der Waals surface area (Å²) in [6.45, 7) is 1.76. The Morgan fingerprint density at radius 2 is 1.88 bits per heavy atom. The minimum atomic E-state index is -4.75. The van der Waals surface area contributed by atoms with Crippen LogP contribution in [0.25, 0.3) is 16.9 Å². The van der Waals surface area contributed by atoms with Gasteiger partial charge in [-0.1, -0.05) is 11.6 Å². The molecule has 0 unspecified atom stereocenters. The fraction of sp³-hybridized carbons (Fsp3) is 0.308. The third-order valence-corrected chi connectivity index (χ3v) is 7.02. The van der Waals surface area contributed by atoms with E-state index >= 15 is 0 Å². The van der Waals surface area contributed by atoms with Gasteiger partial charge in [0.2, 0.25) is 0 Å². The average molecular weight is 616 g/mol. The molecule has 1 saturated heterocycles. The van der Waals surface area contributed by atoms with Crippen LogP contribution in [0.1, 0.15) is 16.1 Å². The number of hydrogen-bond acceptors (Lipinski definition) is 8. The zero-order chi connectivity index (χ0) is 30.7.